The van der Waals surface area contributed by atoms with Gasteiger partial charge in [0.2, 0.25) is 5.91 Å². The van der Waals surface area contributed by atoms with Gasteiger partial charge in [-0.3, -0.25) is 14.5 Å². The van der Waals surface area contributed by atoms with Gasteiger partial charge < -0.3 is 20.7 Å². The minimum atomic E-state index is -0.566. The lowest BCUT2D eigenvalue weighted by Crippen LogP contribution is -2.25. The highest BCUT2D eigenvalue weighted by atomic mass is 32.1. The molecular weight excluding hydrogens is 428 g/mol. The lowest BCUT2D eigenvalue weighted by atomic mass is 10.1. The van der Waals surface area contributed by atoms with Gasteiger partial charge in [-0.15, -0.1) is 11.3 Å². The molecule has 9 heteroatoms. The zero-order valence-corrected chi connectivity index (χ0v) is 20.1. The van der Waals surface area contributed by atoms with Crippen LogP contribution in [0.1, 0.15) is 51.9 Å². The third-order valence-corrected chi connectivity index (χ3v) is 6.26. The van der Waals surface area contributed by atoms with E-state index in [9.17, 15) is 14.4 Å². The third-order valence-electron chi connectivity index (χ3n) is 5.06. The number of ether oxygens (including phenoxy) is 1. The first-order valence-corrected chi connectivity index (χ1v) is 11.5. The second kappa shape index (κ2) is 12.2. The molecule has 1 aromatic heterocycles. The Kier molecular flexibility index (Phi) is 9.67. The maximum absolute atomic E-state index is 12.7. The second-order valence-electron chi connectivity index (χ2n) is 7.08. The molecule has 0 aliphatic carbocycles. The number of anilines is 2. The minimum Gasteiger partial charge on any atom is -0.462 e. The summed E-state index contributed by atoms with van der Waals surface area (Å²) in [4.78, 5) is 40.0. The van der Waals surface area contributed by atoms with Gasteiger partial charge in [0.05, 0.1) is 23.6 Å². The Morgan fingerprint density at radius 2 is 1.78 bits per heavy atom. The van der Waals surface area contributed by atoms with E-state index in [1.54, 1.807) is 13.8 Å². The maximum atomic E-state index is 12.7. The van der Waals surface area contributed by atoms with Crippen LogP contribution >= 0.6 is 11.3 Å². The Morgan fingerprint density at radius 1 is 1.09 bits per heavy atom. The van der Waals surface area contributed by atoms with E-state index in [0.29, 0.717) is 15.4 Å². The summed E-state index contributed by atoms with van der Waals surface area (Å²) < 4.78 is 5.13. The van der Waals surface area contributed by atoms with Crippen LogP contribution in [0.5, 0.6) is 0 Å². The molecule has 2 rings (SSSR count). The molecule has 174 valence electrons. The highest BCUT2D eigenvalue weighted by molar-refractivity contribution is 7.18. The maximum Gasteiger partial charge on any atom is 0.341 e. The van der Waals surface area contributed by atoms with Crippen LogP contribution in [0, 0.1) is 6.92 Å². The minimum absolute atomic E-state index is 0.0176. The van der Waals surface area contributed by atoms with Crippen molar-refractivity contribution in [3.05, 3.63) is 45.8 Å². The summed E-state index contributed by atoms with van der Waals surface area (Å²) in [7, 11) is 1.52. The first-order chi connectivity index (χ1) is 15.4. The number of rotatable bonds is 11. The summed E-state index contributed by atoms with van der Waals surface area (Å²) in [5.41, 5.74) is 2.69. The fourth-order valence-electron chi connectivity index (χ4n) is 3.25. The SMILES string of the molecule is CCOC(=O)c1c(NC(=O)CNc2ccccc2CN(CC)CC)sc(C(=O)NC)c1C. The van der Waals surface area contributed by atoms with Gasteiger partial charge in [0, 0.05) is 19.3 Å². The number of carbonyl (C=O) groups is 3. The van der Waals surface area contributed by atoms with Crippen LogP contribution in [-0.2, 0) is 16.1 Å². The monoisotopic (exact) mass is 460 g/mol. The molecule has 0 spiro atoms. The van der Waals surface area contributed by atoms with Crippen molar-refractivity contribution in [2.24, 2.45) is 0 Å². The van der Waals surface area contributed by atoms with Crippen molar-refractivity contribution >= 4 is 39.8 Å². The molecule has 1 heterocycles. The third kappa shape index (κ3) is 6.30. The van der Waals surface area contributed by atoms with Crippen molar-refractivity contribution in [2.45, 2.75) is 34.2 Å². The van der Waals surface area contributed by atoms with E-state index in [0.717, 1.165) is 42.2 Å². The number of benzene rings is 1. The fraction of sp³-hybridized carbons (Fsp3) is 0.435. The van der Waals surface area contributed by atoms with Crippen molar-refractivity contribution in [2.75, 3.05) is 43.9 Å². The van der Waals surface area contributed by atoms with Crippen molar-refractivity contribution in [3.63, 3.8) is 0 Å². The van der Waals surface area contributed by atoms with Crippen LogP contribution in [0.2, 0.25) is 0 Å². The van der Waals surface area contributed by atoms with Crippen molar-refractivity contribution in [1.82, 2.24) is 10.2 Å². The molecule has 0 saturated carbocycles. The fourth-order valence-corrected chi connectivity index (χ4v) is 4.40. The van der Waals surface area contributed by atoms with Crippen LogP contribution < -0.4 is 16.0 Å². The van der Waals surface area contributed by atoms with E-state index < -0.39 is 5.97 Å². The molecule has 1 aromatic carbocycles. The number of carbonyl (C=O) groups excluding carboxylic acids is 3. The van der Waals surface area contributed by atoms with E-state index >= 15 is 0 Å². The van der Waals surface area contributed by atoms with Gasteiger partial charge in [-0.05, 0) is 44.1 Å². The standard InChI is InChI=1S/C23H32N4O4S/c1-6-27(7-2)14-16-11-9-10-12-17(16)25-13-18(28)26-22-19(23(30)31-8-3)15(4)20(32-22)21(29)24-5/h9-12,25H,6-8,13-14H2,1-5H3,(H,24,29)(H,26,28). The summed E-state index contributed by atoms with van der Waals surface area (Å²) in [5.74, 6) is -1.20. The molecule has 0 atom stereocenters. The molecule has 0 fully saturated rings. The smallest absolute Gasteiger partial charge is 0.341 e. The number of amides is 2. The van der Waals surface area contributed by atoms with Crippen LogP contribution in [0.3, 0.4) is 0 Å². The number of esters is 1. The Balaban J connectivity index is 2.17. The molecule has 0 aliphatic heterocycles. The molecule has 2 amide bonds. The van der Waals surface area contributed by atoms with Crippen LogP contribution in [0.25, 0.3) is 0 Å². The molecule has 2 aromatic rings. The second-order valence-corrected chi connectivity index (χ2v) is 8.10. The Bertz CT molecular complexity index is 953. The quantitative estimate of drug-likeness (QED) is 0.444. The molecule has 0 radical (unpaired) electrons. The summed E-state index contributed by atoms with van der Waals surface area (Å²) in [6.07, 6.45) is 0. The normalized spacial score (nSPS) is 10.7. The Labute approximate surface area is 193 Å². The van der Waals surface area contributed by atoms with E-state index in [-0.39, 0.29) is 30.5 Å². The number of nitrogens with zero attached hydrogens (tertiary/aromatic N) is 1. The van der Waals surface area contributed by atoms with E-state index in [1.807, 2.05) is 24.3 Å². The lowest BCUT2D eigenvalue weighted by molar-refractivity contribution is -0.114. The van der Waals surface area contributed by atoms with E-state index in [1.165, 1.54) is 7.05 Å². The average Bonchev–Trinajstić information content (AvgIpc) is 3.11. The van der Waals surface area contributed by atoms with Crippen molar-refractivity contribution < 1.29 is 19.1 Å². The van der Waals surface area contributed by atoms with E-state index in [4.69, 9.17) is 4.74 Å². The number of hydrogen-bond donors (Lipinski definition) is 3. The summed E-state index contributed by atoms with van der Waals surface area (Å²) in [6.45, 7) is 10.5. The van der Waals surface area contributed by atoms with Crippen molar-refractivity contribution in [1.29, 1.82) is 0 Å². The van der Waals surface area contributed by atoms with Gasteiger partial charge in [0.1, 0.15) is 5.00 Å². The highest BCUT2D eigenvalue weighted by Crippen LogP contribution is 2.33. The Morgan fingerprint density at radius 3 is 2.41 bits per heavy atom. The van der Waals surface area contributed by atoms with Crippen LogP contribution in [0.4, 0.5) is 10.7 Å². The molecule has 8 nitrogen and oxygen atoms in total. The van der Waals surface area contributed by atoms with Gasteiger partial charge in [-0.25, -0.2) is 4.79 Å². The molecule has 32 heavy (non-hydrogen) atoms. The molecule has 0 unspecified atom stereocenters. The Hall–Kier alpha value is -2.91. The van der Waals surface area contributed by atoms with Gasteiger partial charge in [0.25, 0.3) is 5.91 Å². The molecule has 3 N–H and O–H groups in total. The van der Waals surface area contributed by atoms with Gasteiger partial charge >= 0.3 is 5.97 Å². The summed E-state index contributed by atoms with van der Waals surface area (Å²) in [6, 6.07) is 7.87. The first-order valence-electron chi connectivity index (χ1n) is 10.7. The predicted octanol–water partition coefficient (Wildman–Crippen LogP) is 3.49. The number of hydrogen-bond acceptors (Lipinski definition) is 7. The zero-order chi connectivity index (χ0) is 23.7. The topological polar surface area (TPSA) is 99.8 Å². The van der Waals surface area contributed by atoms with E-state index in [2.05, 4.69) is 34.7 Å². The molecule has 0 aliphatic rings. The van der Waals surface area contributed by atoms with Gasteiger partial charge in [0.15, 0.2) is 0 Å². The number of thiophene rings is 1. The van der Waals surface area contributed by atoms with Crippen LogP contribution in [0.15, 0.2) is 24.3 Å². The van der Waals surface area contributed by atoms with Crippen molar-refractivity contribution in [3.8, 4) is 0 Å². The van der Waals surface area contributed by atoms with Gasteiger partial charge in [-0.1, -0.05) is 32.0 Å². The molecule has 0 saturated heterocycles. The predicted molar refractivity (Wildman–Crippen MR) is 129 cm³/mol. The average molecular weight is 461 g/mol. The number of para-hydroxylation sites is 1. The van der Waals surface area contributed by atoms with Gasteiger partial charge in [-0.2, -0.15) is 0 Å². The number of nitrogens with one attached hydrogen (secondary N) is 3. The first kappa shape index (κ1) is 25.4. The molecular formula is C23H32N4O4S. The van der Waals surface area contributed by atoms with Crippen LogP contribution in [-0.4, -0.2) is 56.0 Å². The lowest BCUT2D eigenvalue weighted by Gasteiger charge is -2.20. The highest BCUT2D eigenvalue weighted by Gasteiger charge is 2.26. The summed E-state index contributed by atoms with van der Waals surface area (Å²) >= 11 is 1.06. The largest absolute Gasteiger partial charge is 0.462 e. The summed E-state index contributed by atoms with van der Waals surface area (Å²) in [5, 5.41) is 8.82. The zero-order valence-electron chi connectivity index (χ0n) is 19.3. The molecule has 0 bridgehead atoms.